The highest BCUT2D eigenvalue weighted by molar-refractivity contribution is 5.70. The molecule has 2 unspecified atom stereocenters. The van der Waals surface area contributed by atoms with Gasteiger partial charge < -0.3 is 33.3 Å². The second-order valence-corrected chi connectivity index (χ2v) is 25.5. The lowest BCUT2D eigenvalue weighted by Crippen LogP contribution is -2.44. The lowest BCUT2D eigenvalue weighted by Gasteiger charge is -2.26. The number of carbonyl (C=O) groups excluding carboxylic acids is 3. The molecule has 0 aromatic carbocycles. The fourth-order valence-corrected chi connectivity index (χ4v) is 10.7. The van der Waals surface area contributed by atoms with Crippen molar-refractivity contribution in [3.8, 4) is 0 Å². The van der Waals surface area contributed by atoms with Crippen molar-refractivity contribution < 1.29 is 42.9 Å². The fraction of sp³-hybridized carbons (Fsp3) is 0.903. The van der Waals surface area contributed by atoms with Crippen molar-refractivity contribution in [1.29, 1.82) is 0 Å². The molecule has 0 rings (SSSR count). The highest BCUT2D eigenvalue weighted by Gasteiger charge is 2.22. The van der Waals surface area contributed by atoms with Crippen LogP contribution < -0.4 is 5.11 Å². The molecule has 0 heterocycles. The van der Waals surface area contributed by atoms with Crippen molar-refractivity contribution in [2.75, 3.05) is 47.5 Å². The summed E-state index contributed by atoms with van der Waals surface area (Å²) in [7, 11) is 5.95. The van der Waals surface area contributed by atoms with Gasteiger partial charge in [0.25, 0.3) is 0 Å². The molecule has 0 aromatic rings. The molecule has 0 aliphatic heterocycles. The third kappa shape index (κ3) is 65.2. The number of esters is 2. The molecule has 9 nitrogen and oxygen atoms in total. The lowest BCUT2D eigenvalue weighted by atomic mass is 10.0. The van der Waals surface area contributed by atoms with Gasteiger partial charge in [-0.05, 0) is 44.9 Å². The minimum Gasteiger partial charge on any atom is -0.545 e. The molecule has 0 saturated heterocycles. The fourth-order valence-electron chi connectivity index (χ4n) is 10.7. The molecule has 0 saturated carbocycles. The van der Waals surface area contributed by atoms with Gasteiger partial charge in [-0.1, -0.05) is 327 Å². The summed E-state index contributed by atoms with van der Waals surface area (Å²) < 4.78 is 22.8. The normalized spacial score (nSPS) is 12.8. The molecule has 0 aliphatic rings. The van der Waals surface area contributed by atoms with Crippen molar-refractivity contribution in [1.82, 2.24) is 0 Å². The molecule has 0 bridgehead atoms. The predicted molar refractivity (Wildman–Crippen MR) is 343 cm³/mol. The van der Waals surface area contributed by atoms with Crippen LogP contribution in [-0.2, 0) is 33.3 Å². The van der Waals surface area contributed by atoms with E-state index in [0.29, 0.717) is 17.4 Å². The van der Waals surface area contributed by atoms with Gasteiger partial charge in [0.2, 0.25) is 0 Å². The average molecular weight is 1140 g/mol. The first-order valence-electron chi connectivity index (χ1n) is 35.5. The largest absolute Gasteiger partial charge is 0.545 e. The summed E-state index contributed by atoms with van der Waals surface area (Å²) in [6, 6.07) is 0. The number of quaternary nitrogens is 1. The van der Waals surface area contributed by atoms with Gasteiger partial charge in [0.15, 0.2) is 12.4 Å². The van der Waals surface area contributed by atoms with Crippen molar-refractivity contribution in [3.05, 3.63) is 24.3 Å². The van der Waals surface area contributed by atoms with Crippen LogP contribution in [0.4, 0.5) is 0 Å². The van der Waals surface area contributed by atoms with Gasteiger partial charge in [-0.15, -0.1) is 0 Å². The molecule has 0 N–H and O–H groups in total. The number of rotatable bonds is 67. The first-order chi connectivity index (χ1) is 39.6. The number of ether oxygens (including phenoxy) is 4. The van der Waals surface area contributed by atoms with Crippen LogP contribution in [0.15, 0.2) is 24.3 Å². The predicted octanol–water partition coefficient (Wildman–Crippen LogP) is 20.5. The van der Waals surface area contributed by atoms with E-state index < -0.39 is 24.3 Å². The van der Waals surface area contributed by atoms with Gasteiger partial charge in [-0.2, -0.15) is 0 Å². The van der Waals surface area contributed by atoms with Crippen molar-refractivity contribution in [2.45, 2.75) is 373 Å². The Morgan fingerprint density at radius 3 is 0.975 bits per heavy atom. The summed E-state index contributed by atoms with van der Waals surface area (Å²) >= 11 is 0. The van der Waals surface area contributed by atoms with Gasteiger partial charge in [0.05, 0.1) is 40.3 Å². The van der Waals surface area contributed by atoms with E-state index in [9.17, 15) is 19.5 Å². The van der Waals surface area contributed by atoms with Crippen LogP contribution in [0.25, 0.3) is 0 Å². The number of hydrogen-bond acceptors (Lipinski definition) is 8. The van der Waals surface area contributed by atoms with Gasteiger partial charge in [0.1, 0.15) is 13.2 Å². The summed E-state index contributed by atoms with van der Waals surface area (Å²) in [5, 5.41) is 11.8. The first kappa shape index (κ1) is 78.8. The third-order valence-electron chi connectivity index (χ3n) is 16.2. The van der Waals surface area contributed by atoms with Gasteiger partial charge in [-0.25, -0.2) is 0 Å². The number of nitrogens with zero attached hydrogens (tertiary/aromatic N) is 1. The van der Waals surface area contributed by atoms with Crippen LogP contribution in [0.5, 0.6) is 0 Å². The maximum atomic E-state index is 12.9. The van der Waals surface area contributed by atoms with Crippen LogP contribution in [-0.4, -0.2) is 82.3 Å². The summed E-state index contributed by atoms with van der Waals surface area (Å²) in [6.07, 6.45) is 75.6. The van der Waals surface area contributed by atoms with E-state index in [4.69, 9.17) is 18.9 Å². The van der Waals surface area contributed by atoms with E-state index in [0.717, 1.165) is 44.9 Å². The molecule has 9 heteroatoms. The zero-order chi connectivity index (χ0) is 59.1. The van der Waals surface area contributed by atoms with Crippen LogP contribution >= 0.6 is 0 Å². The average Bonchev–Trinajstić information content (AvgIpc) is 3.44. The number of carbonyl (C=O) groups is 3. The highest BCUT2D eigenvalue weighted by Crippen LogP contribution is 2.19. The Balaban J connectivity index is 4.01. The molecule has 0 amide bonds. The van der Waals surface area contributed by atoms with Crippen LogP contribution in [0, 0.1) is 0 Å². The van der Waals surface area contributed by atoms with Gasteiger partial charge in [-0.3, -0.25) is 9.59 Å². The first-order valence-corrected chi connectivity index (χ1v) is 35.5. The smallest absolute Gasteiger partial charge is 0.306 e. The van der Waals surface area contributed by atoms with E-state index in [1.807, 2.05) is 21.1 Å². The Morgan fingerprint density at radius 1 is 0.370 bits per heavy atom. The maximum absolute atomic E-state index is 12.9. The molecular formula is C72H137NO8. The van der Waals surface area contributed by atoms with Crippen LogP contribution in [0.2, 0.25) is 0 Å². The summed E-state index contributed by atoms with van der Waals surface area (Å²) in [4.78, 5) is 37.5. The minimum atomic E-state index is -1.62. The molecule has 478 valence electrons. The summed E-state index contributed by atoms with van der Waals surface area (Å²) in [6.45, 7) is 4.81. The Kier molecular flexibility index (Phi) is 62.0. The van der Waals surface area contributed by atoms with Crippen molar-refractivity contribution in [2.24, 2.45) is 0 Å². The van der Waals surface area contributed by atoms with Crippen molar-refractivity contribution in [3.63, 3.8) is 0 Å². The Hall–Kier alpha value is -2.23. The molecular weight excluding hydrogens is 1010 g/mol. The molecule has 0 aromatic heterocycles. The number of allylic oxidation sites excluding steroid dienone is 4. The molecule has 0 fully saturated rings. The molecule has 0 aliphatic carbocycles. The zero-order valence-corrected chi connectivity index (χ0v) is 54.7. The number of aliphatic carboxylic acids is 1. The second-order valence-electron chi connectivity index (χ2n) is 25.5. The zero-order valence-electron chi connectivity index (χ0n) is 54.7. The van der Waals surface area contributed by atoms with E-state index in [2.05, 4.69) is 38.2 Å². The Bertz CT molecular complexity index is 1380. The number of likely N-dealkylation sites (N-methyl/N-ethyl adjacent to an activating group) is 1. The third-order valence-corrected chi connectivity index (χ3v) is 16.2. The standard InChI is InChI=1S/C72H137NO8/c1-6-8-10-12-14-16-18-20-22-24-26-28-29-30-31-32-33-34-35-36-37-38-39-40-41-43-45-47-49-51-53-55-57-59-61-63-70(75)81-68(67-80-72(71(76)77)78-65-64-73(3,4)5)66-79-69(74)62-60-58-56-54-52-50-48-46-44-42-27-25-23-21-19-17-15-13-11-9-7-2/h18,20,24,26,68,72H,6-17,19,21-23,25,27-67H2,1-5H3/b20-18-,26-24-. The molecule has 0 radical (unpaired) electrons. The lowest BCUT2D eigenvalue weighted by molar-refractivity contribution is -0.870. The maximum Gasteiger partial charge on any atom is 0.306 e. The number of carboxylic acids is 1. The topological polar surface area (TPSA) is 111 Å². The van der Waals surface area contributed by atoms with Gasteiger partial charge in [0, 0.05) is 12.8 Å². The minimum absolute atomic E-state index is 0.152. The van der Waals surface area contributed by atoms with E-state index in [1.165, 1.54) is 289 Å². The summed E-state index contributed by atoms with van der Waals surface area (Å²) in [5.41, 5.74) is 0. The Labute approximate surface area is 503 Å². The molecule has 2 atom stereocenters. The number of carboxylic acid groups (broad SMARTS) is 1. The highest BCUT2D eigenvalue weighted by atomic mass is 16.7. The van der Waals surface area contributed by atoms with E-state index in [-0.39, 0.29) is 32.2 Å². The SMILES string of the molecule is CCCCCCC/C=C\C/C=C\CCCCCCCCCCCCCCCCCCCCCCCCCC(=O)OC(COC(=O)CCCCCCCCCCCCCCCCCCCCCCC)COC(OCC[N+](C)(C)C)C(=O)[O-]. The van der Waals surface area contributed by atoms with Crippen LogP contribution in [0.1, 0.15) is 361 Å². The summed E-state index contributed by atoms with van der Waals surface area (Å²) in [5.74, 6) is -2.25. The van der Waals surface area contributed by atoms with Crippen LogP contribution in [0.3, 0.4) is 0 Å². The van der Waals surface area contributed by atoms with Crippen molar-refractivity contribution >= 4 is 17.9 Å². The quantitative estimate of drug-likeness (QED) is 0.0195. The van der Waals surface area contributed by atoms with Gasteiger partial charge >= 0.3 is 11.9 Å². The van der Waals surface area contributed by atoms with E-state index in [1.54, 1.807) is 0 Å². The molecule has 81 heavy (non-hydrogen) atoms. The Morgan fingerprint density at radius 2 is 0.667 bits per heavy atom. The number of hydrogen-bond donors (Lipinski definition) is 0. The second kappa shape index (κ2) is 63.8. The molecule has 0 spiro atoms. The monoisotopic (exact) mass is 1140 g/mol. The van der Waals surface area contributed by atoms with E-state index >= 15 is 0 Å². The number of unbranched alkanes of at least 4 members (excludes halogenated alkanes) is 48.